The Labute approximate surface area is 122 Å². The molecule has 0 aromatic carbocycles. The van der Waals surface area contributed by atoms with E-state index >= 15 is 0 Å². The van der Waals surface area contributed by atoms with E-state index in [-0.39, 0.29) is 5.95 Å². The second kappa shape index (κ2) is 6.60. The fourth-order valence-electron chi connectivity index (χ4n) is 2.08. The third-order valence-electron chi connectivity index (χ3n) is 3.37. The van der Waals surface area contributed by atoms with Crippen LogP contribution in [0.15, 0.2) is 6.20 Å². The van der Waals surface area contributed by atoms with Crippen molar-refractivity contribution < 1.29 is 13.2 Å². The molecule has 0 unspecified atom stereocenters. The summed E-state index contributed by atoms with van der Waals surface area (Å²) in [7, 11) is 0. The molecule has 1 aromatic rings. The van der Waals surface area contributed by atoms with Crippen LogP contribution in [0.2, 0.25) is 0 Å². The Bertz CT molecular complexity index is 472. The van der Waals surface area contributed by atoms with Crippen LogP contribution in [0.4, 0.5) is 19.1 Å². The molecule has 1 fully saturated rings. The van der Waals surface area contributed by atoms with E-state index in [9.17, 15) is 13.2 Å². The van der Waals surface area contributed by atoms with Crippen LogP contribution >= 0.6 is 0 Å². The second-order valence-electron chi connectivity index (χ2n) is 5.47. The van der Waals surface area contributed by atoms with E-state index in [1.54, 1.807) is 6.20 Å². The van der Waals surface area contributed by atoms with Crippen molar-refractivity contribution in [3.05, 3.63) is 17.5 Å². The molecule has 1 aromatic heterocycles. The average molecular weight is 302 g/mol. The monoisotopic (exact) mass is 302 g/mol. The minimum absolute atomic E-state index is 0.154. The number of halogens is 3. The number of nitrogens with one attached hydrogen (secondary N) is 1. The predicted octanol–water partition coefficient (Wildman–Crippen LogP) is 2.82. The van der Waals surface area contributed by atoms with Crippen LogP contribution < -0.4 is 10.2 Å². The van der Waals surface area contributed by atoms with Gasteiger partial charge in [-0.3, -0.25) is 0 Å². The molecule has 4 nitrogen and oxygen atoms in total. The standard InChI is InChI=1S/C14H21F3N4/c1-3-6-21(9-14(15,16)17)13-19-8-11(10(2)20-13)7-18-12-4-5-12/h8,12,18H,3-7,9H2,1-2H3. The number of aromatic nitrogens is 2. The third-order valence-corrected chi connectivity index (χ3v) is 3.37. The van der Waals surface area contributed by atoms with Crippen molar-refractivity contribution >= 4 is 5.95 Å². The van der Waals surface area contributed by atoms with Crippen molar-refractivity contribution in [3.63, 3.8) is 0 Å². The van der Waals surface area contributed by atoms with Crippen LogP contribution in [0.5, 0.6) is 0 Å². The molecule has 1 N–H and O–H groups in total. The summed E-state index contributed by atoms with van der Waals surface area (Å²) in [5.41, 5.74) is 1.67. The molecule has 0 radical (unpaired) electrons. The Morgan fingerprint density at radius 2 is 2.10 bits per heavy atom. The number of rotatable bonds is 7. The Hall–Kier alpha value is -1.37. The van der Waals surface area contributed by atoms with Gasteiger partial charge in [0.2, 0.25) is 5.95 Å². The second-order valence-corrected chi connectivity index (χ2v) is 5.47. The Kier molecular flexibility index (Phi) is 5.03. The topological polar surface area (TPSA) is 41.1 Å². The van der Waals surface area contributed by atoms with E-state index in [0.717, 1.165) is 11.3 Å². The summed E-state index contributed by atoms with van der Waals surface area (Å²) < 4.78 is 37.8. The van der Waals surface area contributed by atoms with Gasteiger partial charge in [-0.15, -0.1) is 0 Å². The van der Waals surface area contributed by atoms with E-state index in [1.165, 1.54) is 17.7 Å². The predicted molar refractivity (Wildman–Crippen MR) is 75.2 cm³/mol. The first-order valence-electron chi connectivity index (χ1n) is 7.26. The van der Waals surface area contributed by atoms with E-state index in [0.29, 0.717) is 25.6 Å². The lowest BCUT2D eigenvalue weighted by molar-refractivity contribution is -0.119. The zero-order valence-electron chi connectivity index (χ0n) is 12.4. The smallest absolute Gasteiger partial charge is 0.332 e. The summed E-state index contributed by atoms with van der Waals surface area (Å²) in [4.78, 5) is 9.55. The number of aryl methyl sites for hydroxylation is 1. The quantitative estimate of drug-likeness (QED) is 0.841. The highest BCUT2D eigenvalue weighted by Crippen LogP contribution is 2.22. The Morgan fingerprint density at radius 3 is 2.62 bits per heavy atom. The van der Waals surface area contributed by atoms with Crippen molar-refractivity contribution in [2.24, 2.45) is 0 Å². The van der Waals surface area contributed by atoms with Crippen molar-refractivity contribution in [2.45, 2.75) is 51.9 Å². The van der Waals surface area contributed by atoms with Crippen LogP contribution in [0.1, 0.15) is 37.4 Å². The number of anilines is 1. The third kappa shape index (κ3) is 5.15. The van der Waals surface area contributed by atoms with Gasteiger partial charge in [0.15, 0.2) is 0 Å². The SMILES string of the molecule is CCCN(CC(F)(F)F)c1ncc(CNC2CC2)c(C)n1. The largest absolute Gasteiger partial charge is 0.406 e. The minimum atomic E-state index is -4.25. The molecule has 118 valence electrons. The number of hydrogen-bond acceptors (Lipinski definition) is 4. The first-order chi connectivity index (χ1) is 9.89. The fourth-order valence-corrected chi connectivity index (χ4v) is 2.08. The molecular weight excluding hydrogens is 281 g/mol. The van der Waals surface area contributed by atoms with Gasteiger partial charge >= 0.3 is 6.18 Å². The highest BCUT2D eigenvalue weighted by Gasteiger charge is 2.31. The molecule has 0 saturated heterocycles. The molecule has 1 aliphatic carbocycles. The van der Waals surface area contributed by atoms with Crippen LogP contribution in [0, 0.1) is 6.92 Å². The van der Waals surface area contributed by atoms with Crippen LogP contribution in [-0.4, -0.2) is 35.3 Å². The first kappa shape index (κ1) is 16.0. The molecule has 0 spiro atoms. The lowest BCUT2D eigenvalue weighted by Crippen LogP contribution is -2.36. The molecule has 0 bridgehead atoms. The molecule has 0 aliphatic heterocycles. The molecule has 2 rings (SSSR count). The van der Waals surface area contributed by atoms with Gasteiger partial charge in [-0.05, 0) is 26.2 Å². The molecule has 0 atom stereocenters. The van der Waals surface area contributed by atoms with Gasteiger partial charge in [0.05, 0.1) is 0 Å². The highest BCUT2D eigenvalue weighted by atomic mass is 19.4. The number of nitrogens with zero attached hydrogens (tertiary/aromatic N) is 3. The van der Waals surface area contributed by atoms with Crippen LogP contribution in [-0.2, 0) is 6.54 Å². The van der Waals surface area contributed by atoms with Gasteiger partial charge in [-0.2, -0.15) is 13.2 Å². The van der Waals surface area contributed by atoms with Gasteiger partial charge in [0, 0.05) is 36.6 Å². The van der Waals surface area contributed by atoms with Gasteiger partial charge in [-0.1, -0.05) is 6.92 Å². The summed E-state index contributed by atoms with van der Waals surface area (Å²) in [6.45, 7) is 3.60. The first-order valence-corrected chi connectivity index (χ1v) is 7.26. The van der Waals surface area contributed by atoms with E-state index < -0.39 is 12.7 Å². The van der Waals surface area contributed by atoms with E-state index in [4.69, 9.17) is 0 Å². The molecule has 1 saturated carbocycles. The van der Waals surface area contributed by atoms with Crippen molar-refractivity contribution in [2.75, 3.05) is 18.0 Å². The lowest BCUT2D eigenvalue weighted by atomic mass is 10.2. The molecule has 21 heavy (non-hydrogen) atoms. The zero-order chi connectivity index (χ0) is 15.5. The number of hydrogen-bond donors (Lipinski definition) is 1. The maximum Gasteiger partial charge on any atom is 0.406 e. The summed E-state index contributed by atoms with van der Waals surface area (Å²) in [5.74, 6) is 0.154. The van der Waals surface area contributed by atoms with Crippen molar-refractivity contribution in [3.8, 4) is 0 Å². The van der Waals surface area contributed by atoms with Gasteiger partial charge in [0.1, 0.15) is 6.54 Å². The molecule has 0 amide bonds. The summed E-state index contributed by atoms with van der Waals surface area (Å²) >= 11 is 0. The summed E-state index contributed by atoms with van der Waals surface area (Å²) in [5, 5.41) is 3.35. The molecule has 7 heteroatoms. The van der Waals surface area contributed by atoms with E-state index in [1.807, 2.05) is 13.8 Å². The average Bonchev–Trinajstić information content (AvgIpc) is 3.19. The number of alkyl halides is 3. The minimum Gasteiger partial charge on any atom is -0.332 e. The van der Waals surface area contributed by atoms with Crippen molar-refractivity contribution in [1.29, 1.82) is 0 Å². The van der Waals surface area contributed by atoms with Gasteiger partial charge in [0.25, 0.3) is 0 Å². The van der Waals surface area contributed by atoms with Crippen LogP contribution in [0.25, 0.3) is 0 Å². The summed E-state index contributed by atoms with van der Waals surface area (Å²) in [6.07, 6.45) is 0.371. The van der Waals surface area contributed by atoms with Crippen LogP contribution in [0.3, 0.4) is 0 Å². The summed E-state index contributed by atoms with van der Waals surface area (Å²) in [6, 6.07) is 0.575. The van der Waals surface area contributed by atoms with Gasteiger partial charge < -0.3 is 10.2 Å². The van der Waals surface area contributed by atoms with Gasteiger partial charge in [-0.25, -0.2) is 9.97 Å². The molecule has 1 heterocycles. The zero-order valence-corrected chi connectivity index (χ0v) is 12.4. The van der Waals surface area contributed by atoms with E-state index in [2.05, 4.69) is 15.3 Å². The molecular formula is C14H21F3N4. The Balaban J connectivity index is 2.07. The molecule has 1 aliphatic rings. The maximum absolute atomic E-state index is 12.6. The Morgan fingerprint density at radius 1 is 1.38 bits per heavy atom. The fraction of sp³-hybridized carbons (Fsp3) is 0.714. The van der Waals surface area contributed by atoms with Crippen molar-refractivity contribution in [1.82, 2.24) is 15.3 Å². The highest BCUT2D eigenvalue weighted by molar-refractivity contribution is 5.33. The lowest BCUT2D eigenvalue weighted by Gasteiger charge is -2.23. The maximum atomic E-state index is 12.6. The normalized spacial score (nSPS) is 15.3.